The maximum atomic E-state index is 14.1. The number of aromatic nitrogens is 2. The Morgan fingerprint density at radius 3 is 2.18 bits per heavy atom. The summed E-state index contributed by atoms with van der Waals surface area (Å²) in [7, 11) is -14.3. The van der Waals surface area contributed by atoms with E-state index in [0.29, 0.717) is 0 Å². The highest BCUT2D eigenvalue weighted by molar-refractivity contribution is 7.90. The van der Waals surface area contributed by atoms with Gasteiger partial charge in [-0.3, -0.25) is 13.9 Å². The zero-order valence-electron chi connectivity index (χ0n) is 31.1. The van der Waals surface area contributed by atoms with Crippen molar-refractivity contribution in [3.63, 3.8) is 0 Å². The molecule has 0 bridgehead atoms. The van der Waals surface area contributed by atoms with Crippen LogP contribution in [-0.2, 0) is 48.3 Å². The molecule has 3 rings (SSSR count). The quantitative estimate of drug-likeness (QED) is 0.124. The fourth-order valence-electron chi connectivity index (χ4n) is 5.02. The standard InChI is InChI=1S/C30H54N3O13PSSi2/c1-13-41-27(36)47(37,38)42-16-14-15-32-24(34)20(2)17-33(26(32)35)25-23(45-50(11,12)29(6,7)8)30(21(31)19-48(39,40)46-30)22(44-25)18-43-49(9,10)28(3,4)5/h17,19,22-23,25H,13-16,18,31H2,1-12H3,(H,37,38)/t22-,23+,25-,30?/m1/s1. The summed E-state index contributed by atoms with van der Waals surface area (Å²) in [6.45, 7) is 22.1. The van der Waals surface area contributed by atoms with Gasteiger partial charge < -0.3 is 33.5 Å². The normalized spacial score (nSPS) is 25.5. The predicted molar refractivity (Wildman–Crippen MR) is 191 cm³/mol. The third kappa shape index (κ3) is 8.47. The second kappa shape index (κ2) is 14.5. The van der Waals surface area contributed by atoms with Crippen LogP contribution in [0.4, 0.5) is 4.79 Å². The fraction of sp³-hybridized carbons (Fsp3) is 0.767. The minimum atomic E-state index is -4.75. The van der Waals surface area contributed by atoms with Crippen molar-refractivity contribution < 1.29 is 49.7 Å². The van der Waals surface area contributed by atoms with E-state index in [-0.39, 0.29) is 47.5 Å². The van der Waals surface area contributed by atoms with Crippen molar-refractivity contribution in [2.75, 3.05) is 19.8 Å². The van der Waals surface area contributed by atoms with Gasteiger partial charge in [0, 0.05) is 18.3 Å². The lowest BCUT2D eigenvalue weighted by Gasteiger charge is -2.43. The Hall–Kier alpha value is -1.94. The number of nitrogens with zero attached hydrogens (tertiary/aromatic N) is 2. The molecule has 3 N–H and O–H groups in total. The Bertz CT molecular complexity index is 1760. The van der Waals surface area contributed by atoms with E-state index in [1.54, 1.807) is 0 Å². The summed E-state index contributed by atoms with van der Waals surface area (Å²) in [6, 6.07) is 0. The van der Waals surface area contributed by atoms with Gasteiger partial charge in [-0.2, -0.15) is 8.42 Å². The summed E-state index contributed by atoms with van der Waals surface area (Å²) in [5.41, 5.74) is 1.70. The van der Waals surface area contributed by atoms with Crippen LogP contribution in [0.3, 0.4) is 0 Å². The number of aryl methyl sites for hydroxylation is 1. The molecule has 0 aliphatic carbocycles. The molecular formula is C30H54N3O13PSSi2. The first-order valence-corrected chi connectivity index (χ1v) is 25.3. The number of nitrogens with two attached hydrogens (primary N) is 1. The van der Waals surface area contributed by atoms with Crippen LogP contribution in [0.2, 0.25) is 36.3 Å². The van der Waals surface area contributed by atoms with Gasteiger partial charge in [-0.05, 0) is 56.5 Å². The van der Waals surface area contributed by atoms with E-state index in [4.69, 9.17) is 28.0 Å². The SMILES string of the molecule is CCOC(=O)P(=O)(O)OCCCn1c(=O)c(C)cn([C@@H]2O[C@H](CO[Si](C)(C)C(C)(C)C)C3(OS(=O)(=O)C=C3N)[C@H]2O[Si](C)(C)C(C)(C)C)c1=O. The van der Waals surface area contributed by atoms with Crippen LogP contribution in [0.5, 0.6) is 0 Å². The lowest BCUT2D eigenvalue weighted by Crippen LogP contribution is -2.59. The number of ether oxygens (including phenoxy) is 2. The Labute approximate surface area is 296 Å². The van der Waals surface area contributed by atoms with Crippen LogP contribution < -0.4 is 17.0 Å². The number of hydrogen-bond donors (Lipinski definition) is 2. The molecule has 3 heterocycles. The maximum absolute atomic E-state index is 14.1. The van der Waals surface area contributed by atoms with E-state index in [0.717, 1.165) is 14.5 Å². The second-order valence-electron chi connectivity index (χ2n) is 15.7. The molecule has 5 atom stereocenters. The smallest absolute Gasteiger partial charge is 0.435 e. The predicted octanol–water partition coefficient (Wildman–Crippen LogP) is 4.28. The van der Waals surface area contributed by atoms with Gasteiger partial charge in [0.2, 0.25) is 0 Å². The summed E-state index contributed by atoms with van der Waals surface area (Å²) in [5, 5.41) is 0.220. The van der Waals surface area contributed by atoms with E-state index in [1.807, 2.05) is 67.7 Å². The van der Waals surface area contributed by atoms with Gasteiger partial charge in [0.15, 0.2) is 28.5 Å². The minimum Gasteiger partial charge on any atom is -0.457 e. The van der Waals surface area contributed by atoms with Crippen molar-refractivity contribution in [2.24, 2.45) is 5.73 Å². The molecule has 1 aromatic heterocycles. The average Bonchev–Trinajstić information content (AvgIpc) is 3.38. The first kappa shape index (κ1) is 42.5. The van der Waals surface area contributed by atoms with Crippen molar-refractivity contribution in [3.8, 4) is 0 Å². The van der Waals surface area contributed by atoms with E-state index < -0.39 is 82.0 Å². The molecule has 0 saturated carbocycles. The van der Waals surface area contributed by atoms with Gasteiger partial charge in [0.25, 0.3) is 15.7 Å². The molecule has 2 unspecified atom stereocenters. The van der Waals surface area contributed by atoms with Gasteiger partial charge in [-0.15, -0.1) is 0 Å². The van der Waals surface area contributed by atoms with E-state index in [9.17, 15) is 32.3 Å². The number of carbonyl (C=O) groups excluding carboxylic acids is 1. The van der Waals surface area contributed by atoms with Crippen LogP contribution in [0.15, 0.2) is 26.9 Å². The molecular weight excluding hydrogens is 730 g/mol. The molecule has 20 heteroatoms. The van der Waals surface area contributed by atoms with Crippen LogP contribution in [0.25, 0.3) is 0 Å². The molecule has 2 aliphatic heterocycles. The Kier molecular flexibility index (Phi) is 12.3. The average molecular weight is 784 g/mol. The van der Waals surface area contributed by atoms with Crippen molar-refractivity contribution >= 4 is 40.1 Å². The number of rotatable bonds is 13. The zero-order chi connectivity index (χ0) is 38.5. The molecule has 0 radical (unpaired) electrons. The van der Waals surface area contributed by atoms with E-state index in [1.165, 1.54) is 20.0 Å². The molecule has 0 aromatic carbocycles. The van der Waals surface area contributed by atoms with Gasteiger partial charge in [0.05, 0.1) is 30.9 Å². The largest absolute Gasteiger partial charge is 0.457 e. The maximum Gasteiger partial charge on any atom is 0.435 e. The third-order valence-corrected chi connectivity index (χ3v) is 21.1. The van der Waals surface area contributed by atoms with Gasteiger partial charge in [-0.1, -0.05) is 41.5 Å². The molecule has 286 valence electrons. The Morgan fingerprint density at radius 1 is 1.10 bits per heavy atom. The topological polar surface area (TPSA) is 214 Å². The van der Waals surface area contributed by atoms with Crippen LogP contribution in [-0.4, -0.2) is 82.4 Å². The lowest BCUT2D eigenvalue weighted by atomic mass is 9.89. The van der Waals surface area contributed by atoms with Gasteiger partial charge >= 0.3 is 19.0 Å². The molecule has 0 amide bonds. The van der Waals surface area contributed by atoms with Crippen molar-refractivity contribution in [2.45, 2.75) is 129 Å². The number of carbonyl (C=O) groups is 1. The third-order valence-electron chi connectivity index (χ3n) is 10.0. The fourth-order valence-corrected chi connectivity index (χ4v) is 9.30. The highest BCUT2D eigenvalue weighted by atomic mass is 32.2. The summed E-state index contributed by atoms with van der Waals surface area (Å²) in [4.78, 5) is 49.0. The van der Waals surface area contributed by atoms with Crippen LogP contribution in [0.1, 0.15) is 66.7 Å². The first-order chi connectivity index (χ1) is 22.5. The molecule has 16 nitrogen and oxygen atoms in total. The minimum absolute atomic E-state index is 0.109. The lowest BCUT2D eigenvalue weighted by molar-refractivity contribution is -0.0567. The van der Waals surface area contributed by atoms with Crippen molar-refractivity contribution in [1.29, 1.82) is 0 Å². The monoisotopic (exact) mass is 783 g/mol. The van der Waals surface area contributed by atoms with Crippen molar-refractivity contribution in [1.82, 2.24) is 9.13 Å². The first-order valence-electron chi connectivity index (χ1n) is 16.4. The van der Waals surface area contributed by atoms with E-state index >= 15 is 0 Å². The van der Waals surface area contributed by atoms with Gasteiger partial charge in [0.1, 0.15) is 12.2 Å². The Morgan fingerprint density at radius 2 is 1.68 bits per heavy atom. The zero-order valence-corrected chi connectivity index (χ0v) is 34.8. The number of hydrogen-bond acceptors (Lipinski definition) is 13. The Balaban J connectivity index is 2.16. The molecule has 50 heavy (non-hydrogen) atoms. The molecule has 1 aromatic rings. The van der Waals surface area contributed by atoms with Crippen LogP contribution >= 0.6 is 7.60 Å². The summed E-state index contributed by atoms with van der Waals surface area (Å²) in [6.07, 6.45) is -2.59. The summed E-state index contributed by atoms with van der Waals surface area (Å²) >= 11 is 0. The molecule has 1 fully saturated rings. The van der Waals surface area contributed by atoms with Crippen molar-refractivity contribution in [3.05, 3.63) is 43.7 Å². The molecule has 1 saturated heterocycles. The summed E-state index contributed by atoms with van der Waals surface area (Å²) in [5.74, 6) is 0. The second-order valence-corrected chi connectivity index (χ2v) is 28.3. The van der Waals surface area contributed by atoms with E-state index in [2.05, 4.69) is 4.74 Å². The highest BCUT2D eigenvalue weighted by Gasteiger charge is 2.67. The van der Waals surface area contributed by atoms with Gasteiger partial charge in [-0.25, -0.2) is 18.3 Å². The molecule has 1 spiro atoms. The van der Waals surface area contributed by atoms with Crippen LogP contribution in [0, 0.1) is 6.92 Å². The molecule has 2 aliphatic rings. The summed E-state index contributed by atoms with van der Waals surface area (Å²) < 4.78 is 75.6. The highest BCUT2D eigenvalue weighted by Crippen LogP contribution is 2.52.